The fourth-order valence-electron chi connectivity index (χ4n) is 2.61. The van der Waals surface area contributed by atoms with Crippen molar-refractivity contribution in [3.05, 3.63) is 12.7 Å². The van der Waals surface area contributed by atoms with Gasteiger partial charge in [0.05, 0.1) is 19.9 Å². The molecule has 1 fully saturated rings. The third-order valence-corrected chi connectivity index (χ3v) is 4.00. The number of methoxy groups -OCH3 is 1. The van der Waals surface area contributed by atoms with Crippen LogP contribution in [0.5, 0.6) is 0 Å². The van der Waals surface area contributed by atoms with Crippen LogP contribution >= 0.6 is 0 Å². The molecular formula is C15H25NO7S. The molecule has 0 aromatic heterocycles. The highest BCUT2D eigenvalue weighted by Gasteiger charge is 2.50. The summed E-state index contributed by atoms with van der Waals surface area (Å²) >= 11 is 0. The first kappa shape index (κ1) is 20.4. The number of nitrogens with zero attached hydrogens (tertiary/aromatic N) is 1. The molecule has 1 amide bonds. The molecule has 0 aliphatic carbocycles. The first-order valence-electron chi connectivity index (χ1n) is 7.46. The fraction of sp³-hybridized carbons (Fsp3) is 0.733. The largest absolute Gasteiger partial charge is 0.467 e. The zero-order valence-corrected chi connectivity index (χ0v) is 15.5. The van der Waals surface area contributed by atoms with Crippen LogP contribution in [0.4, 0.5) is 4.79 Å². The van der Waals surface area contributed by atoms with E-state index >= 15 is 0 Å². The summed E-state index contributed by atoms with van der Waals surface area (Å²) in [5, 5.41) is 0. The van der Waals surface area contributed by atoms with Gasteiger partial charge in [-0.3, -0.25) is 9.08 Å². The second-order valence-electron chi connectivity index (χ2n) is 6.63. The minimum atomic E-state index is -3.76. The molecule has 1 saturated heterocycles. The lowest BCUT2D eigenvalue weighted by molar-refractivity contribution is -0.147. The van der Waals surface area contributed by atoms with E-state index in [-0.39, 0.29) is 13.0 Å². The summed E-state index contributed by atoms with van der Waals surface area (Å²) in [6, 6.07) is -1.01. The molecule has 0 aromatic rings. The number of esters is 1. The Kier molecular flexibility index (Phi) is 6.40. The van der Waals surface area contributed by atoms with Gasteiger partial charge in [0.25, 0.3) is 10.1 Å². The van der Waals surface area contributed by atoms with Gasteiger partial charge in [0.2, 0.25) is 0 Å². The molecule has 0 saturated carbocycles. The normalized spacial score (nSPS) is 24.5. The fourth-order valence-corrected chi connectivity index (χ4v) is 3.26. The quantitative estimate of drug-likeness (QED) is 0.412. The van der Waals surface area contributed by atoms with Crippen LogP contribution in [-0.2, 0) is 28.6 Å². The number of carbonyl (C=O) groups excluding carboxylic acids is 2. The standard InChI is InChI=1S/C15H25NO7S/c1-7-8-10-11(23-24(6,19)20)9-16(12(10)13(17)21-5)14(18)22-15(2,3)4/h7,10-12H,1,8-9H2,2-6H3/t10-,11-,12+/m1/s1. The molecule has 1 rings (SSSR count). The Bertz CT molecular complexity index is 593. The van der Waals surface area contributed by atoms with E-state index in [0.717, 1.165) is 11.2 Å². The van der Waals surface area contributed by atoms with Crippen molar-refractivity contribution in [2.24, 2.45) is 5.92 Å². The van der Waals surface area contributed by atoms with Gasteiger partial charge < -0.3 is 9.47 Å². The van der Waals surface area contributed by atoms with Gasteiger partial charge in [0.15, 0.2) is 0 Å². The second-order valence-corrected chi connectivity index (χ2v) is 8.23. The summed E-state index contributed by atoms with van der Waals surface area (Å²) in [5.74, 6) is -1.26. The Balaban J connectivity index is 3.18. The Labute approximate surface area is 142 Å². The van der Waals surface area contributed by atoms with E-state index in [9.17, 15) is 18.0 Å². The van der Waals surface area contributed by atoms with Crippen LogP contribution in [0.25, 0.3) is 0 Å². The van der Waals surface area contributed by atoms with E-state index in [1.807, 2.05) is 0 Å². The number of likely N-dealkylation sites (tertiary alicyclic amines) is 1. The highest BCUT2D eigenvalue weighted by Crippen LogP contribution is 2.33. The first-order valence-corrected chi connectivity index (χ1v) is 9.28. The zero-order valence-electron chi connectivity index (χ0n) is 14.6. The Hall–Kier alpha value is -1.61. The summed E-state index contributed by atoms with van der Waals surface area (Å²) in [6.45, 7) is 8.60. The van der Waals surface area contributed by atoms with Crippen LogP contribution in [0.1, 0.15) is 27.2 Å². The number of hydrogen-bond donors (Lipinski definition) is 0. The van der Waals surface area contributed by atoms with Gasteiger partial charge in [-0.1, -0.05) is 6.08 Å². The Morgan fingerprint density at radius 3 is 2.33 bits per heavy atom. The Morgan fingerprint density at radius 1 is 1.33 bits per heavy atom. The predicted octanol–water partition coefficient (Wildman–Crippen LogP) is 1.32. The first-order chi connectivity index (χ1) is 10.9. The van der Waals surface area contributed by atoms with Crippen molar-refractivity contribution in [3.63, 3.8) is 0 Å². The lowest BCUT2D eigenvalue weighted by Gasteiger charge is -2.28. The van der Waals surface area contributed by atoms with Gasteiger partial charge in [0, 0.05) is 5.92 Å². The molecular weight excluding hydrogens is 338 g/mol. The smallest absolute Gasteiger partial charge is 0.411 e. The zero-order chi connectivity index (χ0) is 18.7. The number of rotatable bonds is 5. The van der Waals surface area contributed by atoms with Crippen molar-refractivity contribution in [3.8, 4) is 0 Å². The monoisotopic (exact) mass is 363 g/mol. The molecule has 1 heterocycles. The van der Waals surface area contributed by atoms with Crippen LogP contribution in [0.2, 0.25) is 0 Å². The molecule has 1 aliphatic heterocycles. The molecule has 1 aliphatic rings. The van der Waals surface area contributed by atoms with E-state index in [4.69, 9.17) is 13.7 Å². The SMILES string of the molecule is C=CC[C@H]1[C@@H](C(=O)OC)N(C(=O)OC(C)(C)C)C[C@H]1OS(C)(=O)=O. The van der Waals surface area contributed by atoms with Crippen LogP contribution < -0.4 is 0 Å². The van der Waals surface area contributed by atoms with Crippen molar-refractivity contribution >= 4 is 22.2 Å². The number of carbonyl (C=O) groups is 2. The molecule has 0 radical (unpaired) electrons. The maximum absolute atomic E-state index is 12.4. The van der Waals surface area contributed by atoms with Crippen LogP contribution in [0.15, 0.2) is 12.7 Å². The molecule has 0 bridgehead atoms. The minimum Gasteiger partial charge on any atom is -0.467 e. The summed E-state index contributed by atoms with van der Waals surface area (Å²) in [5.41, 5.74) is -0.762. The van der Waals surface area contributed by atoms with Crippen LogP contribution in [-0.4, -0.2) is 63.0 Å². The molecule has 0 N–H and O–H groups in total. The number of allylic oxidation sites excluding steroid dienone is 1. The molecule has 3 atom stereocenters. The second kappa shape index (κ2) is 7.52. The summed E-state index contributed by atoms with van der Waals surface area (Å²) in [6.07, 6.45) is 1.12. The van der Waals surface area contributed by atoms with Gasteiger partial charge in [-0.05, 0) is 27.2 Å². The average Bonchev–Trinajstić information content (AvgIpc) is 2.73. The molecule has 138 valence electrons. The van der Waals surface area contributed by atoms with E-state index in [2.05, 4.69) is 6.58 Å². The maximum Gasteiger partial charge on any atom is 0.411 e. The predicted molar refractivity (Wildman–Crippen MR) is 86.8 cm³/mol. The maximum atomic E-state index is 12.4. The highest BCUT2D eigenvalue weighted by atomic mass is 32.2. The average molecular weight is 363 g/mol. The van der Waals surface area contributed by atoms with E-state index in [1.54, 1.807) is 20.8 Å². The topological polar surface area (TPSA) is 99.2 Å². The lowest BCUT2D eigenvalue weighted by atomic mass is 9.94. The summed E-state index contributed by atoms with van der Waals surface area (Å²) in [7, 11) is -2.56. The summed E-state index contributed by atoms with van der Waals surface area (Å²) < 4.78 is 38.1. The van der Waals surface area contributed by atoms with Gasteiger partial charge >= 0.3 is 12.1 Å². The number of amides is 1. The van der Waals surface area contributed by atoms with Crippen molar-refractivity contribution < 1.29 is 31.7 Å². The molecule has 0 spiro atoms. The third-order valence-electron chi connectivity index (χ3n) is 3.40. The number of ether oxygens (including phenoxy) is 2. The van der Waals surface area contributed by atoms with E-state index in [1.165, 1.54) is 13.2 Å². The molecule has 0 unspecified atom stereocenters. The Morgan fingerprint density at radius 2 is 1.92 bits per heavy atom. The van der Waals surface area contributed by atoms with Crippen molar-refractivity contribution in [1.29, 1.82) is 0 Å². The van der Waals surface area contributed by atoms with Crippen LogP contribution in [0.3, 0.4) is 0 Å². The molecule has 8 nitrogen and oxygen atoms in total. The minimum absolute atomic E-state index is 0.0970. The third kappa shape index (κ3) is 5.48. The number of hydrogen-bond acceptors (Lipinski definition) is 7. The molecule has 24 heavy (non-hydrogen) atoms. The van der Waals surface area contributed by atoms with Gasteiger partial charge in [-0.15, -0.1) is 6.58 Å². The molecule has 0 aromatic carbocycles. The highest BCUT2D eigenvalue weighted by molar-refractivity contribution is 7.86. The van der Waals surface area contributed by atoms with Gasteiger partial charge in [-0.25, -0.2) is 9.59 Å². The lowest BCUT2D eigenvalue weighted by Crippen LogP contribution is -2.46. The van der Waals surface area contributed by atoms with Crippen molar-refractivity contribution in [2.75, 3.05) is 19.9 Å². The van der Waals surface area contributed by atoms with Crippen molar-refractivity contribution in [1.82, 2.24) is 4.90 Å². The summed E-state index contributed by atoms with van der Waals surface area (Å²) in [4.78, 5) is 25.8. The van der Waals surface area contributed by atoms with Crippen LogP contribution in [0, 0.1) is 5.92 Å². The van der Waals surface area contributed by atoms with Gasteiger partial charge in [0.1, 0.15) is 17.7 Å². The molecule has 9 heteroatoms. The van der Waals surface area contributed by atoms with E-state index < -0.39 is 45.8 Å². The van der Waals surface area contributed by atoms with Crippen molar-refractivity contribution in [2.45, 2.75) is 44.9 Å². The van der Waals surface area contributed by atoms with Gasteiger partial charge in [-0.2, -0.15) is 8.42 Å². The van der Waals surface area contributed by atoms with E-state index in [0.29, 0.717) is 0 Å².